The van der Waals surface area contributed by atoms with E-state index in [0.29, 0.717) is 17.2 Å². The molecule has 6 nitrogen and oxygen atoms in total. The maximum atomic E-state index is 12.3. The quantitative estimate of drug-likeness (QED) is 0.855. The lowest BCUT2D eigenvalue weighted by molar-refractivity contribution is 0.101. The minimum absolute atomic E-state index is 0.0327. The summed E-state index contributed by atoms with van der Waals surface area (Å²) in [5.41, 5.74) is 0.345. The number of hydrogen-bond donors (Lipinski definition) is 1. The number of ketones is 1. The number of aromatic nitrogens is 1. The maximum absolute atomic E-state index is 12.3. The summed E-state index contributed by atoms with van der Waals surface area (Å²) < 4.78 is 32.4. The lowest BCUT2D eigenvalue weighted by Gasteiger charge is -2.11. The molecule has 0 aliphatic carbocycles. The number of aryl methyl sites for hydroxylation is 1. The average molecular weight is 308 g/mol. The van der Waals surface area contributed by atoms with Crippen LogP contribution in [0, 0.1) is 6.92 Å². The molecule has 21 heavy (non-hydrogen) atoms. The molecule has 2 aromatic rings. The van der Waals surface area contributed by atoms with E-state index in [4.69, 9.17) is 4.42 Å². The van der Waals surface area contributed by atoms with Gasteiger partial charge in [-0.15, -0.1) is 0 Å². The van der Waals surface area contributed by atoms with Gasteiger partial charge in [-0.3, -0.25) is 4.79 Å². The lowest BCUT2D eigenvalue weighted by atomic mass is 10.2. The molecule has 0 saturated carbocycles. The molecular formula is C14H16N2O4S. The highest BCUT2D eigenvalue weighted by molar-refractivity contribution is 7.89. The van der Waals surface area contributed by atoms with Crippen LogP contribution in [0.15, 0.2) is 39.8 Å². The van der Waals surface area contributed by atoms with Gasteiger partial charge in [-0.25, -0.2) is 13.4 Å². The molecule has 2 rings (SSSR count). The molecule has 7 heteroatoms. The summed E-state index contributed by atoms with van der Waals surface area (Å²) in [6, 6.07) is 5.28. The van der Waals surface area contributed by atoms with E-state index in [1.807, 2.05) is 0 Å². The smallest absolute Gasteiger partial charge is 0.241 e. The van der Waals surface area contributed by atoms with Crippen LogP contribution in [0.1, 0.15) is 41.9 Å². The van der Waals surface area contributed by atoms with Crippen molar-refractivity contribution >= 4 is 15.8 Å². The maximum Gasteiger partial charge on any atom is 0.241 e. The second kappa shape index (κ2) is 5.79. The molecule has 112 valence electrons. The first kappa shape index (κ1) is 15.4. The number of oxazole rings is 1. The Hall–Kier alpha value is -1.99. The molecular weight excluding hydrogens is 292 g/mol. The SMILES string of the molecule is CC(=O)c1cccc(S(=O)(=O)NC(C)c2ncc(C)o2)c1. The zero-order chi connectivity index (χ0) is 15.6. The minimum Gasteiger partial charge on any atom is -0.444 e. The number of carbonyl (C=O) groups excluding carboxylic acids is 1. The second-order valence-electron chi connectivity index (χ2n) is 4.74. The molecule has 0 amide bonds. The van der Waals surface area contributed by atoms with Crippen molar-refractivity contribution in [2.45, 2.75) is 31.7 Å². The van der Waals surface area contributed by atoms with Crippen LogP contribution < -0.4 is 4.72 Å². The molecule has 1 aromatic heterocycles. The van der Waals surface area contributed by atoms with Gasteiger partial charge in [0.2, 0.25) is 15.9 Å². The zero-order valence-electron chi connectivity index (χ0n) is 12.0. The highest BCUT2D eigenvalue weighted by Crippen LogP contribution is 2.18. The van der Waals surface area contributed by atoms with Gasteiger partial charge in [0.05, 0.1) is 17.1 Å². The Morgan fingerprint density at radius 3 is 2.67 bits per heavy atom. The van der Waals surface area contributed by atoms with Crippen LogP contribution in [0.2, 0.25) is 0 Å². The summed E-state index contributed by atoms with van der Waals surface area (Å²) in [6.07, 6.45) is 1.52. The molecule has 1 N–H and O–H groups in total. The lowest BCUT2D eigenvalue weighted by Crippen LogP contribution is -2.27. The van der Waals surface area contributed by atoms with Crippen molar-refractivity contribution < 1.29 is 17.6 Å². The molecule has 1 atom stereocenters. The summed E-state index contributed by atoms with van der Waals surface area (Å²) >= 11 is 0. The Labute approximate surface area is 123 Å². The van der Waals surface area contributed by atoms with Gasteiger partial charge in [0.25, 0.3) is 0 Å². The fourth-order valence-corrected chi connectivity index (χ4v) is 3.05. The topological polar surface area (TPSA) is 89.3 Å². The molecule has 1 heterocycles. The fraction of sp³-hybridized carbons (Fsp3) is 0.286. The Balaban J connectivity index is 2.26. The van der Waals surface area contributed by atoms with Crippen molar-refractivity contribution in [2.75, 3.05) is 0 Å². The summed E-state index contributed by atoms with van der Waals surface area (Å²) in [5.74, 6) is 0.705. The van der Waals surface area contributed by atoms with Crippen molar-refractivity contribution in [1.82, 2.24) is 9.71 Å². The summed E-state index contributed by atoms with van der Waals surface area (Å²) in [4.78, 5) is 15.4. The van der Waals surface area contributed by atoms with E-state index in [1.54, 1.807) is 19.9 Å². The van der Waals surface area contributed by atoms with Crippen LogP contribution in [0.3, 0.4) is 0 Å². The van der Waals surface area contributed by atoms with E-state index in [-0.39, 0.29) is 10.7 Å². The van der Waals surface area contributed by atoms with Gasteiger partial charge >= 0.3 is 0 Å². The van der Waals surface area contributed by atoms with Gasteiger partial charge in [0.15, 0.2) is 5.78 Å². The van der Waals surface area contributed by atoms with E-state index in [0.717, 1.165) is 0 Å². The van der Waals surface area contributed by atoms with Gasteiger partial charge in [-0.1, -0.05) is 12.1 Å². The number of nitrogens with zero attached hydrogens (tertiary/aromatic N) is 1. The van der Waals surface area contributed by atoms with Crippen LogP contribution in [0.25, 0.3) is 0 Å². The van der Waals surface area contributed by atoms with Gasteiger partial charge in [-0.2, -0.15) is 4.72 Å². The Morgan fingerprint density at radius 2 is 2.10 bits per heavy atom. The minimum atomic E-state index is -3.76. The number of nitrogens with one attached hydrogen (secondary N) is 1. The van der Waals surface area contributed by atoms with E-state index in [1.165, 1.54) is 31.3 Å². The van der Waals surface area contributed by atoms with Gasteiger partial charge in [-0.05, 0) is 32.9 Å². The second-order valence-corrected chi connectivity index (χ2v) is 6.45. The molecule has 0 aliphatic heterocycles. The van der Waals surface area contributed by atoms with Crippen LogP contribution in [0.4, 0.5) is 0 Å². The summed E-state index contributed by atoms with van der Waals surface area (Å²) in [6.45, 7) is 4.75. The van der Waals surface area contributed by atoms with E-state index in [2.05, 4.69) is 9.71 Å². The standard InChI is InChI=1S/C14H16N2O4S/c1-9-8-15-14(20-9)10(2)16-21(18,19)13-6-4-5-12(7-13)11(3)17/h4-8,10,16H,1-3H3. The molecule has 0 fully saturated rings. The first-order valence-electron chi connectivity index (χ1n) is 6.35. The molecule has 0 saturated heterocycles. The van der Waals surface area contributed by atoms with Crippen molar-refractivity contribution in [3.05, 3.63) is 47.7 Å². The molecule has 0 radical (unpaired) electrons. The summed E-state index contributed by atoms with van der Waals surface area (Å²) in [7, 11) is -3.76. The number of hydrogen-bond acceptors (Lipinski definition) is 5. The monoisotopic (exact) mass is 308 g/mol. The fourth-order valence-electron chi connectivity index (χ4n) is 1.81. The molecule has 0 spiro atoms. The number of rotatable bonds is 5. The first-order chi connectivity index (χ1) is 9.79. The molecule has 1 unspecified atom stereocenters. The zero-order valence-corrected chi connectivity index (χ0v) is 12.8. The summed E-state index contributed by atoms with van der Waals surface area (Å²) in [5, 5.41) is 0. The van der Waals surface area contributed by atoms with Crippen molar-refractivity contribution in [1.29, 1.82) is 0 Å². The van der Waals surface area contributed by atoms with E-state index < -0.39 is 16.1 Å². The highest BCUT2D eigenvalue weighted by Gasteiger charge is 2.21. The average Bonchev–Trinajstić information content (AvgIpc) is 2.85. The number of carbonyl (C=O) groups is 1. The molecule has 0 aliphatic rings. The Kier molecular flexibility index (Phi) is 4.24. The molecule has 0 bridgehead atoms. The van der Waals surface area contributed by atoms with Crippen LogP contribution in [-0.4, -0.2) is 19.2 Å². The van der Waals surface area contributed by atoms with Gasteiger partial charge < -0.3 is 4.42 Å². The van der Waals surface area contributed by atoms with Crippen LogP contribution in [0.5, 0.6) is 0 Å². The third-order valence-electron chi connectivity index (χ3n) is 2.89. The Bertz CT molecular complexity index is 765. The van der Waals surface area contributed by atoms with Crippen LogP contribution in [-0.2, 0) is 10.0 Å². The predicted octanol–water partition coefficient (Wildman–Crippen LogP) is 2.23. The van der Waals surface area contributed by atoms with E-state index in [9.17, 15) is 13.2 Å². The van der Waals surface area contributed by atoms with Crippen molar-refractivity contribution in [3.63, 3.8) is 0 Å². The normalized spacial score (nSPS) is 13.1. The van der Waals surface area contributed by atoms with Gasteiger partial charge in [0.1, 0.15) is 5.76 Å². The van der Waals surface area contributed by atoms with Crippen LogP contribution >= 0.6 is 0 Å². The number of sulfonamides is 1. The highest BCUT2D eigenvalue weighted by atomic mass is 32.2. The van der Waals surface area contributed by atoms with Crippen molar-refractivity contribution in [2.24, 2.45) is 0 Å². The number of Topliss-reactive ketones (excluding diaryl/α,β-unsaturated/α-hetero) is 1. The van der Waals surface area contributed by atoms with Crippen molar-refractivity contribution in [3.8, 4) is 0 Å². The largest absolute Gasteiger partial charge is 0.444 e. The van der Waals surface area contributed by atoms with E-state index >= 15 is 0 Å². The molecule has 1 aromatic carbocycles. The third kappa shape index (κ3) is 3.56. The Morgan fingerprint density at radius 1 is 1.38 bits per heavy atom. The van der Waals surface area contributed by atoms with Gasteiger partial charge in [0, 0.05) is 5.56 Å². The first-order valence-corrected chi connectivity index (χ1v) is 7.83. The predicted molar refractivity (Wildman–Crippen MR) is 76.4 cm³/mol. The third-order valence-corrected chi connectivity index (χ3v) is 4.43. The number of benzene rings is 1.